The zero-order chi connectivity index (χ0) is 18.6. The van der Waals surface area contributed by atoms with Crippen LogP contribution in [0.25, 0.3) is 0 Å². The van der Waals surface area contributed by atoms with Crippen LogP contribution in [-0.4, -0.2) is 11.5 Å². The van der Waals surface area contributed by atoms with E-state index < -0.39 is 16.4 Å². The molecule has 0 saturated heterocycles. The van der Waals surface area contributed by atoms with E-state index in [2.05, 4.69) is 0 Å². The largest absolute Gasteiger partial charge is 0.489 e. The standard InChI is InChI=1S/C15H8Cl4FNO4/c16-10-6-9(24-4-3-14(18)19)7-11(17)15(10)25-13-2-1-8(21(22)23)5-12(13)20/h1-3,5-7H,4H2. The fraction of sp³-hybridized carbons (Fsp3) is 0.0667. The number of hydrogen-bond donors (Lipinski definition) is 0. The summed E-state index contributed by atoms with van der Waals surface area (Å²) in [5.74, 6) is -0.893. The van der Waals surface area contributed by atoms with Gasteiger partial charge in [0, 0.05) is 18.2 Å². The maximum atomic E-state index is 13.9. The normalized spacial score (nSPS) is 10.3. The van der Waals surface area contributed by atoms with Gasteiger partial charge in [-0.15, -0.1) is 0 Å². The minimum atomic E-state index is -0.927. The van der Waals surface area contributed by atoms with Crippen molar-refractivity contribution in [2.45, 2.75) is 0 Å². The average molecular weight is 427 g/mol. The van der Waals surface area contributed by atoms with E-state index in [1.165, 1.54) is 18.2 Å². The highest BCUT2D eigenvalue weighted by Crippen LogP contribution is 2.40. The van der Waals surface area contributed by atoms with Gasteiger partial charge in [0.15, 0.2) is 17.3 Å². The summed E-state index contributed by atoms with van der Waals surface area (Å²) in [7, 11) is 0. The van der Waals surface area contributed by atoms with Crippen LogP contribution in [0.15, 0.2) is 40.9 Å². The Labute approximate surface area is 161 Å². The molecule has 2 aromatic rings. The van der Waals surface area contributed by atoms with Crippen LogP contribution in [0.3, 0.4) is 0 Å². The van der Waals surface area contributed by atoms with Gasteiger partial charge in [0.1, 0.15) is 16.8 Å². The third kappa shape index (κ3) is 5.37. The van der Waals surface area contributed by atoms with Crippen molar-refractivity contribution in [2.24, 2.45) is 0 Å². The zero-order valence-electron chi connectivity index (χ0n) is 12.1. The molecule has 0 atom stereocenters. The van der Waals surface area contributed by atoms with Gasteiger partial charge in [-0.3, -0.25) is 10.1 Å². The molecule has 0 saturated carbocycles. The van der Waals surface area contributed by atoms with Crippen molar-refractivity contribution in [3.05, 3.63) is 66.9 Å². The first-order valence-corrected chi connectivity index (χ1v) is 8.04. The van der Waals surface area contributed by atoms with E-state index in [1.54, 1.807) is 0 Å². The Kier molecular flexibility index (Phi) is 6.72. The lowest BCUT2D eigenvalue weighted by molar-refractivity contribution is -0.385. The van der Waals surface area contributed by atoms with Gasteiger partial charge in [-0.25, -0.2) is 4.39 Å². The van der Waals surface area contributed by atoms with Gasteiger partial charge in [-0.2, -0.15) is 0 Å². The van der Waals surface area contributed by atoms with Crippen molar-refractivity contribution in [3.63, 3.8) is 0 Å². The first-order valence-electron chi connectivity index (χ1n) is 6.52. The first-order chi connectivity index (χ1) is 11.8. The van der Waals surface area contributed by atoms with Crippen LogP contribution in [0.1, 0.15) is 0 Å². The van der Waals surface area contributed by atoms with Crippen molar-refractivity contribution in [2.75, 3.05) is 6.61 Å². The van der Waals surface area contributed by atoms with Crippen LogP contribution in [-0.2, 0) is 0 Å². The van der Waals surface area contributed by atoms with E-state index in [1.807, 2.05) is 0 Å². The number of benzene rings is 2. The fourth-order valence-corrected chi connectivity index (χ4v) is 2.38. The lowest BCUT2D eigenvalue weighted by atomic mass is 10.3. The second-order valence-electron chi connectivity index (χ2n) is 4.49. The smallest absolute Gasteiger partial charge is 0.272 e. The van der Waals surface area contributed by atoms with Crippen LogP contribution >= 0.6 is 46.4 Å². The number of halogens is 5. The SMILES string of the molecule is O=[N+]([O-])c1ccc(Oc2c(Cl)cc(OCC=C(Cl)Cl)cc2Cl)c(F)c1. The van der Waals surface area contributed by atoms with Crippen molar-refractivity contribution < 1.29 is 18.8 Å². The van der Waals surface area contributed by atoms with Crippen LogP contribution < -0.4 is 9.47 Å². The third-order valence-corrected chi connectivity index (χ3v) is 3.67. The maximum Gasteiger partial charge on any atom is 0.272 e. The number of nitro benzene ring substituents is 1. The Balaban J connectivity index is 2.23. The lowest BCUT2D eigenvalue weighted by Gasteiger charge is -2.12. The Bertz CT molecular complexity index is 817. The molecule has 5 nitrogen and oxygen atoms in total. The molecule has 2 rings (SSSR count). The van der Waals surface area contributed by atoms with Gasteiger partial charge < -0.3 is 9.47 Å². The molecule has 0 amide bonds. The molecular formula is C15H8Cl4FNO4. The van der Waals surface area contributed by atoms with Gasteiger partial charge >= 0.3 is 0 Å². The molecule has 0 heterocycles. The van der Waals surface area contributed by atoms with E-state index in [9.17, 15) is 14.5 Å². The molecule has 0 aromatic heterocycles. The van der Waals surface area contributed by atoms with Crippen molar-refractivity contribution in [3.8, 4) is 17.2 Å². The van der Waals surface area contributed by atoms with Crippen LogP contribution in [0, 0.1) is 15.9 Å². The summed E-state index contributed by atoms with van der Waals surface area (Å²) < 4.78 is 24.6. The topological polar surface area (TPSA) is 61.6 Å². The molecule has 25 heavy (non-hydrogen) atoms. The van der Waals surface area contributed by atoms with Crippen molar-refractivity contribution in [1.82, 2.24) is 0 Å². The van der Waals surface area contributed by atoms with E-state index in [-0.39, 0.29) is 32.6 Å². The lowest BCUT2D eigenvalue weighted by Crippen LogP contribution is -1.96. The number of hydrogen-bond acceptors (Lipinski definition) is 4. The summed E-state index contributed by atoms with van der Waals surface area (Å²) in [4.78, 5) is 9.90. The number of non-ortho nitro benzene ring substituents is 1. The predicted molar refractivity (Wildman–Crippen MR) is 94.9 cm³/mol. The van der Waals surface area contributed by atoms with E-state index in [0.717, 1.165) is 18.2 Å². The molecule has 132 valence electrons. The van der Waals surface area contributed by atoms with Crippen LogP contribution in [0.2, 0.25) is 10.0 Å². The molecule has 0 aliphatic heterocycles. The average Bonchev–Trinajstić information content (AvgIpc) is 2.51. The summed E-state index contributed by atoms with van der Waals surface area (Å²) in [6.07, 6.45) is 1.42. The maximum absolute atomic E-state index is 13.9. The summed E-state index contributed by atoms with van der Waals surface area (Å²) in [6.45, 7) is 0.0895. The molecule has 2 aromatic carbocycles. The van der Waals surface area contributed by atoms with E-state index in [4.69, 9.17) is 55.9 Å². The fourth-order valence-electron chi connectivity index (χ4n) is 1.71. The number of nitrogens with zero attached hydrogens (tertiary/aromatic N) is 1. The Morgan fingerprint density at radius 2 is 1.84 bits per heavy atom. The number of ether oxygens (including phenoxy) is 2. The number of rotatable bonds is 6. The highest BCUT2D eigenvalue weighted by Gasteiger charge is 2.16. The van der Waals surface area contributed by atoms with Crippen molar-refractivity contribution >= 4 is 52.1 Å². The van der Waals surface area contributed by atoms with Crippen LogP contribution in [0.4, 0.5) is 10.1 Å². The summed E-state index contributed by atoms with van der Waals surface area (Å²) >= 11 is 23.1. The van der Waals surface area contributed by atoms with Crippen molar-refractivity contribution in [1.29, 1.82) is 0 Å². The van der Waals surface area contributed by atoms with Gasteiger partial charge in [0.25, 0.3) is 5.69 Å². The highest BCUT2D eigenvalue weighted by molar-refractivity contribution is 6.55. The van der Waals surface area contributed by atoms with Crippen LogP contribution in [0.5, 0.6) is 17.2 Å². The minimum absolute atomic E-state index is 0.0191. The second kappa shape index (κ2) is 8.58. The van der Waals surface area contributed by atoms with Gasteiger partial charge in [0.05, 0.1) is 21.0 Å². The molecule has 0 aliphatic carbocycles. The predicted octanol–water partition coefficient (Wildman–Crippen LogP) is 6.53. The summed E-state index contributed by atoms with van der Waals surface area (Å²) in [5.41, 5.74) is -0.406. The zero-order valence-corrected chi connectivity index (χ0v) is 15.2. The quantitative estimate of drug-likeness (QED) is 0.389. The summed E-state index contributed by atoms with van der Waals surface area (Å²) in [5, 5.41) is 10.7. The van der Waals surface area contributed by atoms with Gasteiger partial charge in [-0.1, -0.05) is 46.4 Å². The molecular weight excluding hydrogens is 419 g/mol. The van der Waals surface area contributed by atoms with E-state index >= 15 is 0 Å². The molecule has 0 bridgehead atoms. The molecule has 0 fully saturated rings. The molecule has 0 radical (unpaired) electrons. The van der Waals surface area contributed by atoms with E-state index in [0.29, 0.717) is 5.75 Å². The molecule has 10 heteroatoms. The van der Waals surface area contributed by atoms with Gasteiger partial charge in [-0.05, 0) is 12.1 Å². The van der Waals surface area contributed by atoms with Gasteiger partial charge in [0.2, 0.25) is 0 Å². The third-order valence-electron chi connectivity index (χ3n) is 2.80. The minimum Gasteiger partial charge on any atom is -0.489 e. The summed E-state index contributed by atoms with van der Waals surface area (Å²) in [6, 6.07) is 5.75. The Hall–Kier alpha value is -1.73. The molecule has 0 unspecified atom stereocenters. The first kappa shape index (κ1) is 19.6. The monoisotopic (exact) mass is 425 g/mol. The Morgan fingerprint density at radius 3 is 2.36 bits per heavy atom. The Morgan fingerprint density at radius 1 is 1.20 bits per heavy atom. The molecule has 0 spiro atoms. The highest BCUT2D eigenvalue weighted by atomic mass is 35.5. The number of nitro groups is 1. The molecule has 0 aliphatic rings. The molecule has 0 N–H and O–H groups in total. The second-order valence-corrected chi connectivity index (χ2v) is 6.32.